The fourth-order valence-electron chi connectivity index (χ4n) is 7.92. The average Bonchev–Trinajstić information content (AvgIpc) is 3.06. The molecule has 0 aliphatic heterocycles. The molecule has 0 bridgehead atoms. The van der Waals surface area contributed by atoms with E-state index in [0.717, 1.165) is 12.8 Å². The van der Waals surface area contributed by atoms with E-state index in [1.807, 2.05) is 13.8 Å². The Kier molecular flexibility index (Phi) is 4.38. The maximum atomic E-state index is 11.5. The lowest BCUT2D eigenvalue weighted by atomic mass is 9.43. The summed E-state index contributed by atoms with van der Waals surface area (Å²) in [4.78, 5) is 11.0. The molecule has 5 nitrogen and oxygen atoms in total. The number of carboxylic acids is 1. The second-order valence-electron chi connectivity index (χ2n) is 10.7. The summed E-state index contributed by atoms with van der Waals surface area (Å²) in [6, 6.07) is 0. The molecule has 0 aromatic carbocycles. The molecule has 3 N–H and O–H groups in total. The van der Waals surface area contributed by atoms with Crippen LogP contribution in [0.1, 0.15) is 83.9 Å². The van der Waals surface area contributed by atoms with Crippen molar-refractivity contribution in [1.82, 2.24) is 0 Å². The van der Waals surface area contributed by atoms with Gasteiger partial charge in [0.05, 0.1) is 18.3 Å². The number of carbonyl (C=O) groups is 1. The van der Waals surface area contributed by atoms with Gasteiger partial charge in [-0.3, -0.25) is 0 Å². The third kappa shape index (κ3) is 3.27. The minimum atomic E-state index is -2.02. The van der Waals surface area contributed by atoms with Crippen LogP contribution in [-0.2, 0) is 4.79 Å². The molecule has 4 aliphatic carbocycles. The molecule has 0 radical (unpaired) electrons. The van der Waals surface area contributed by atoms with Gasteiger partial charge in [-0.1, -0.05) is 20.8 Å². The molecular formula is C24H39O5-. The van der Waals surface area contributed by atoms with E-state index in [2.05, 4.69) is 0 Å². The van der Waals surface area contributed by atoms with Gasteiger partial charge in [0.1, 0.15) is 0 Å². The number of aliphatic hydroxyl groups is 3. The first-order valence-electron chi connectivity index (χ1n) is 13.3. The Bertz CT molecular complexity index is 793. The van der Waals surface area contributed by atoms with Crippen LogP contribution in [0.25, 0.3) is 0 Å². The third-order valence-electron chi connectivity index (χ3n) is 9.49. The molecule has 0 aromatic rings. The monoisotopic (exact) mass is 411 g/mol. The molecule has 4 rings (SSSR count). The lowest BCUT2D eigenvalue weighted by Gasteiger charge is -2.63. The molecule has 0 saturated heterocycles. The van der Waals surface area contributed by atoms with Crippen molar-refractivity contribution in [3.05, 3.63) is 0 Å². The van der Waals surface area contributed by atoms with Gasteiger partial charge in [0.25, 0.3) is 0 Å². The van der Waals surface area contributed by atoms with Crippen LogP contribution < -0.4 is 5.11 Å². The lowest BCUT2D eigenvalue weighted by molar-refractivity contribution is -0.306. The van der Waals surface area contributed by atoms with Crippen LogP contribution in [0.5, 0.6) is 0 Å². The van der Waals surface area contributed by atoms with Crippen molar-refractivity contribution in [1.29, 1.82) is 0 Å². The van der Waals surface area contributed by atoms with Gasteiger partial charge in [0.15, 0.2) is 0 Å². The van der Waals surface area contributed by atoms with Crippen molar-refractivity contribution in [3.63, 3.8) is 0 Å². The summed E-state index contributed by atoms with van der Waals surface area (Å²) < 4.78 is 34.9. The summed E-state index contributed by atoms with van der Waals surface area (Å²) in [5.74, 6) is -2.50. The lowest BCUT2D eigenvalue weighted by Crippen LogP contribution is -2.62. The van der Waals surface area contributed by atoms with Crippen molar-refractivity contribution < 1.29 is 30.7 Å². The Hall–Kier alpha value is -0.650. The van der Waals surface area contributed by atoms with Crippen LogP contribution >= 0.6 is 0 Å². The van der Waals surface area contributed by atoms with E-state index in [9.17, 15) is 25.2 Å². The van der Waals surface area contributed by atoms with Gasteiger partial charge in [0.2, 0.25) is 0 Å². The van der Waals surface area contributed by atoms with E-state index >= 15 is 0 Å². The minimum absolute atomic E-state index is 0.0272. The molecule has 29 heavy (non-hydrogen) atoms. The standard InChI is InChI=1S/C24H40O5/c1-13(4-7-21(28)29)16-5-6-17-22-18(12-20(27)24(16,17)3)23(2)9-8-15(25)10-14(23)11-19(22)26/h13-20,22,25-27H,4-12H2,1-3H3,(H,28,29)/p-1/t13-,14+,15-,16-,17+,18+,19-,20+,22+,23+,24-/m1/s1/i9D2,10D2. The maximum Gasteiger partial charge on any atom is 0.0602 e. The van der Waals surface area contributed by atoms with Crippen LogP contribution in [0.3, 0.4) is 0 Å². The molecule has 0 aromatic heterocycles. The van der Waals surface area contributed by atoms with Crippen molar-refractivity contribution in [3.8, 4) is 0 Å². The Morgan fingerprint density at radius 2 is 1.90 bits per heavy atom. The second kappa shape index (κ2) is 7.49. The SMILES string of the molecule is [2H]C1([2H])[C@H](O)CC([2H])([2H])[C@@]2(C)[C@@H]1C[C@@H](O)[C@H]1[C@@H]3CC[C@H]([C@H](C)CCC(=O)[O-])[C@@]3(C)[C@@H](O)C[C@@H]12. The molecule has 0 spiro atoms. The molecule has 4 aliphatic rings. The first-order valence-corrected chi connectivity index (χ1v) is 11.3. The number of rotatable bonds is 4. The molecule has 0 heterocycles. The van der Waals surface area contributed by atoms with Gasteiger partial charge < -0.3 is 25.2 Å². The highest BCUT2D eigenvalue weighted by Gasteiger charge is 2.65. The highest BCUT2D eigenvalue weighted by molar-refractivity contribution is 5.64. The number of hydrogen-bond donors (Lipinski definition) is 3. The zero-order valence-corrected chi connectivity index (χ0v) is 17.8. The maximum absolute atomic E-state index is 11.5. The fourth-order valence-corrected chi connectivity index (χ4v) is 7.92. The second-order valence-corrected chi connectivity index (χ2v) is 10.7. The third-order valence-corrected chi connectivity index (χ3v) is 9.49. The first kappa shape index (κ1) is 17.0. The summed E-state index contributed by atoms with van der Waals surface area (Å²) in [7, 11) is 0. The molecule has 4 fully saturated rings. The summed E-state index contributed by atoms with van der Waals surface area (Å²) in [5.41, 5.74) is -1.64. The highest BCUT2D eigenvalue weighted by atomic mass is 16.4. The quantitative estimate of drug-likeness (QED) is 0.658. The zero-order valence-electron chi connectivity index (χ0n) is 21.8. The van der Waals surface area contributed by atoms with E-state index in [-0.39, 0.29) is 49.4 Å². The number of carbonyl (C=O) groups excluding carboxylic acids is 1. The van der Waals surface area contributed by atoms with Gasteiger partial charge in [-0.25, -0.2) is 0 Å². The largest absolute Gasteiger partial charge is 0.550 e. The molecule has 0 unspecified atom stereocenters. The normalized spacial score (nSPS) is 58.4. The molecule has 4 saturated carbocycles. The molecule has 0 amide bonds. The van der Waals surface area contributed by atoms with Crippen LogP contribution in [-0.4, -0.2) is 39.6 Å². The number of carboxylic acid groups (broad SMARTS) is 1. The van der Waals surface area contributed by atoms with E-state index < -0.39 is 59.7 Å². The number of hydrogen-bond acceptors (Lipinski definition) is 5. The van der Waals surface area contributed by atoms with Crippen molar-refractivity contribution in [2.75, 3.05) is 0 Å². The van der Waals surface area contributed by atoms with E-state index in [4.69, 9.17) is 5.48 Å². The topological polar surface area (TPSA) is 101 Å². The Morgan fingerprint density at radius 1 is 1.17 bits per heavy atom. The van der Waals surface area contributed by atoms with Gasteiger partial charge in [-0.2, -0.15) is 0 Å². The summed E-state index contributed by atoms with van der Waals surface area (Å²) in [6.07, 6.45) is -4.78. The Labute approximate surface area is 180 Å². The highest BCUT2D eigenvalue weighted by Crippen LogP contribution is 2.68. The van der Waals surface area contributed by atoms with Gasteiger partial charge in [-0.15, -0.1) is 0 Å². The molecule has 166 valence electrons. The van der Waals surface area contributed by atoms with Crippen LogP contribution in [0.4, 0.5) is 0 Å². The van der Waals surface area contributed by atoms with E-state index in [1.54, 1.807) is 6.92 Å². The molecular weight excluding hydrogens is 368 g/mol. The smallest absolute Gasteiger partial charge is 0.0602 e. The molecule has 5 heteroatoms. The average molecular weight is 412 g/mol. The van der Waals surface area contributed by atoms with Gasteiger partial charge in [0, 0.05) is 11.5 Å². The van der Waals surface area contributed by atoms with Crippen LogP contribution in [0.15, 0.2) is 0 Å². The Morgan fingerprint density at radius 3 is 2.59 bits per heavy atom. The number of aliphatic carboxylic acids is 1. The van der Waals surface area contributed by atoms with Gasteiger partial charge in [-0.05, 0) is 104 Å². The van der Waals surface area contributed by atoms with E-state index in [1.165, 1.54) is 0 Å². The van der Waals surface area contributed by atoms with Crippen molar-refractivity contribution in [2.24, 2.45) is 46.3 Å². The molecule has 11 atom stereocenters. The summed E-state index contributed by atoms with van der Waals surface area (Å²) in [5, 5.41) is 44.3. The predicted molar refractivity (Wildman–Crippen MR) is 107 cm³/mol. The Balaban J connectivity index is 1.71. The van der Waals surface area contributed by atoms with Gasteiger partial charge >= 0.3 is 0 Å². The summed E-state index contributed by atoms with van der Waals surface area (Å²) in [6.45, 7) is 5.84. The zero-order chi connectivity index (χ0) is 24.7. The van der Waals surface area contributed by atoms with Crippen LogP contribution in [0, 0.1) is 46.3 Å². The summed E-state index contributed by atoms with van der Waals surface area (Å²) >= 11 is 0. The van der Waals surface area contributed by atoms with Crippen LogP contribution in [0.2, 0.25) is 0 Å². The van der Waals surface area contributed by atoms with E-state index in [0.29, 0.717) is 6.42 Å². The fraction of sp³-hybridized carbons (Fsp3) is 0.958. The number of fused-ring (bicyclic) bond motifs is 5. The predicted octanol–water partition coefficient (Wildman–Crippen LogP) is 2.11. The van der Waals surface area contributed by atoms with Crippen molar-refractivity contribution in [2.45, 2.75) is 96.8 Å². The number of aliphatic hydroxyl groups excluding tert-OH is 3. The van der Waals surface area contributed by atoms with Crippen molar-refractivity contribution >= 4 is 5.97 Å². The minimum Gasteiger partial charge on any atom is -0.550 e. The first-order chi connectivity index (χ1) is 15.1.